The van der Waals surface area contributed by atoms with Crippen molar-refractivity contribution in [3.05, 3.63) is 42.0 Å². The van der Waals surface area contributed by atoms with Gasteiger partial charge < -0.3 is 5.73 Å². The molecule has 0 aliphatic heterocycles. The number of ketones is 1. The average molecular weight is 225 g/mol. The van der Waals surface area contributed by atoms with Gasteiger partial charge in [-0.1, -0.05) is 30.7 Å². The Kier molecular flexibility index (Phi) is 2.36. The Morgan fingerprint density at radius 1 is 1.12 bits per heavy atom. The van der Waals surface area contributed by atoms with Crippen LogP contribution in [0, 0.1) is 5.92 Å². The van der Waals surface area contributed by atoms with Crippen LogP contribution in [0.4, 0.5) is 5.69 Å². The monoisotopic (exact) mass is 225 g/mol. The molecular formula is C15H15NO. The van der Waals surface area contributed by atoms with Crippen LogP contribution < -0.4 is 5.73 Å². The number of nitrogens with two attached hydrogens (primary N) is 1. The lowest BCUT2D eigenvalue weighted by atomic mass is 9.79. The molecule has 0 radical (unpaired) electrons. The van der Waals surface area contributed by atoms with Crippen LogP contribution in [0.15, 0.2) is 36.4 Å². The molecule has 17 heavy (non-hydrogen) atoms. The van der Waals surface area contributed by atoms with E-state index in [1.807, 2.05) is 36.4 Å². The van der Waals surface area contributed by atoms with Crippen molar-refractivity contribution in [2.24, 2.45) is 5.92 Å². The number of hydrogen-bond donors (Lipinski definition) is 1. The van der Waals surface area contributed by atoms with Crippen molar-refractivity contribution in [2.45, 2.75) is 19.3 Å². The van der Waals surface area contributed by atoms with Gasteiger partial charge in [-0.05, 0) is 35.7 Å². The third kappa shape index (κ3) is 1.70. The highest BCUT2D eigenvalue weighted by Gasteiger charge is 2.27. The molecule has 1 aliphatic carbocycles. The highest BCUT2D eigenvalue weighted by Crippen LogP contribution is 2.32. The van der Waals surface area contributed by atoms with Crippen LogP contribution in [-0.4, -0.2) is 5.78 Å². The molecule has 0 aromatic heterocycles. The predicted octanol–water partition coefficient (Wildman–Crippen LogP) is 3.40. The molecule has 2 N–H and O–H groups in total. The summed E-state index contributed by atoms with van der Waals surface area (Å²) in [5, 5.41) is 2.18. The third-order valence-corrected chi connectivity index (χ3v) is 3.66. The summed E-state index contributed by atoms with van der Waals surface area (Å²) in [6.07, 6.45) is 3.21. The number of carbonyl (C=O) groups is 1. The first-order valence-electron chi connectivity index (χ1n) is 6.08. The fourth-order valence-electron chi connectivity index (χ4n) is 2.36. The summed E-state index contributed by atoms with van der Waals surface area (Å²) in [5.41, 5.74) is 7.30. The summed E-state index contributed by atoms with van der Waals surface area (Å²) >= 11 is 0. The fourth-order valence-corrected chi connectivity index (χ4v) is 2.36. The molecule has 2 aromatic carbocycles. The van der Waals surface area contributed by atoms with E-state index in [1.54, 1.807) is 0 Å². The van der Waals surface area contributed by atoms with E-state index in [-0.39, 0.29) is 11.7 Å². The second-order valence-corrected chi connectivity index (χ2v) is 4.78. The maximum Gasteiger partial charge on any atom is 0.168 e. The van der Waals surface area contributed by atoms with Crippen LogP contribution in [0.25, 0.3) is 10.8 Å². The molecule has 86 valence electrons. The molecule has 0 unspecified atom stereocenters. The van der Waals surface area contributed by atoms with E-state index in [0.717, 1.165) is 23.6 Å². The van der Waals surface area contributed by atoms with E-state index in [1.165, 1.54) is 6.42 Å². The van der Waals surface area contributed by atoms with Gasteiger partial charge in [-0.25, -0.2) is 0 Å². The standard InChI is InChI=1S/C15H15NO/c16-14-9-12-5-2-1-4-11(12)8-13(14)15(17)10-6-3-7-10/h1-2,4-5,8-10H,3,6-7,16H2. The van der Waals surface area contributed by atoms with Crippen molar-refractivity contribution in [1.82, 2.24) is 0 Å². The third-order valence-electron chi connectivity index (χ3n) is 3.66. The molecule has 2 heteroatoms. The second kappa shape index (κ2) is 3.88. The summed E-state index contributed by atoms with van der Waals surface area (Å²) in [5.74, 6) is 0.429. The van der Waals surface area contributed by atoms with E-state index in [9.17, 15) is 4.79 Å². The Morgan fingerprint density at radius 3 is 2.35 bits per heavy atom. The number of rotatable bonds is 2. The Hall–Kier alpha value is -1.83. The van der Waals surface area contributed by atoms with Crippen molar-refractivity contribution in [1.29, 1.82) is 0 Å². The summed E-state index contributed by atoms with van der Waals surface area (Å²) in [6.45, 7) is 0. The molecule has 2 nitrogen and oxygen atoms in total. The van der Waals surface area contributed by atoms with Crippen molar-refractivity contribution >= 4 is 22.2 Å². The normalized spacial score (nSPS) is 15.8. The number of benzene rings is 2. The van der Waals surface area contributed by atoms with Gasteiger partial charge in [0, 0.05) is 17.2 Å². The van der Waals surface area contributed by atoms with E-state index in [0.29, 0.717) is 11.3 Å². The van der Waals surface area contributed by atoms with Crippen LogP contribution in [0.5, 0.6) is 0 Å². The summed E-state index contributed by atoms with van der Waals surface area (Å²) in [4.78, 5) is 12.2. The summed E-state index contributed by atoms with van der Waals surface area (Å²) < 4.78 is 0. The minimum atomic E-state index is 0.207. The highest BCUT2D eigenvalue weighted by atomic mass is 16.1. The quantitative estimate of drug-likeness (QED) is 0.628. The fraction of sp³-hybridized carbons (Fsp3) is 0.267. The van der Waals surface area contributed by atoms with Crippen molar-refractivity contribution in [2.75, 3.05) is 5.73 Å². The van der Waals surface area contributed by atoms with Gasteiger partial charge in [0.1, 0.15) is 0 Å². The van der Waals surface area contributed by atoms with Gasteiger partial charge in [0.25, 0.3) is 0 Å². The maximum absolute atomic E-state index is 12.2. The zero-order valence-corrected chi connectivity index (χ0v) is 9.65. The van der Waals surface area contributed by atoms with Gasteiger partial charge in [-0.15, -0.1) is 0 Å². The molecule has 1 aliphatic rings. The summed E-state index contributed by atoms with van der Waals surface area (Å²) in [7, 11) is 0. The smallest absolute Gasteiger partial charge is 0.168 e. The predicted molar refractivity (Wildman–Crippen MR) is 70.0 cm³/mol. The van der Waals surface area contributed by atoms with E-state index < -0.39 is 0 Å². The van der Waals surface area contributed by atoms with Crippen molar-refractivity contribution in [3.63, 3.8) is 0 Å². The molecule has 0 atom stereocenters. The van der Waals surface area contributed by atoms with Gasteiger partial charge in [0.15, 0.2) is 5.78 Å². The van der Waals surface area contributed by atoms with Crippen LogP contribution in [-0.2, 0) is 0 Å². The number of Topliss-reactive ketones (excluding diaryl/α,β-unsaturated/α-hetero) is 1. The first-order chi connectivity index (χ1) is 8.25. The SMILES string of the molecule is Nc1cc2ccccc2cc1C(=O)C1CCC1. The van der Waals surface area contributed by atoms with Gasteiger partial charge >= 0.3 is 0 Å². The molecule has 1 saturated carbocycles. The largest absolute Gasteiger partial charge is 0.398 e. The Morgan fingerprint density at radius 2 is 1.76 bits per heavy atom. The molecule has 0 spiro atoms. The first kappa shape index (κ1) is 10.3. The minimum absolute atomic E-state index is 0.207. The van der Waals surface area contributed by atoms with Crippen molar-refractivity contribution < 1.29 is 4.79 Å². The van der Waals surface area contributed by atoms with Crippen LogP contribution >= 0.6 is 0 Å². The highest BCUT2D eigenvalue weighted by molar-refractivity contribution is 6.06. The lowest BCUT2D eigenvalue weighted by Crippen LogP contribution is -2.22. The molecule has 0 heterocycles. The van der Waals surface area contributed by atoms with Gasteiger partial charge in [-0.3, -0.25) is 4.79 Å². The number of anilines is 1. The zero-order chi connectivity index (χ0) is 11.8. The van der Waals surface area contributed by atoms with E-state index in [4.69, 9.17) is 5.73 Å². The number of hydrogen-bond acceptors (Lipinski definition) is 2. The molecule has 2 aromatic rings. The Bertz CT molecular complexity index is 584. The van der Waals surface area contributed by atoms with Crippen LogP contribution in [0.2, 0.25) is 0 Å². The van der Waals surface area contributed by atoms with Gasteiger partial charge in [0.2, 0.25) is 0 Å². The zero-order valence-electron chi connectivity index (χ0n) is 9.65. The second-order valence-electron chi connectivity index (χ2n) is 4.78. The van der Waals surface area contributed by atoms with Gasteiger partial charge in [0.05, 0.1) is 0 Å². The lowest BCUT2D eigenvalue weighted by molar-refractivity contribution is 0.0856. The number of fused-ring (bicyclic) bond motifs is 1. The number of carbonyl (C=O) groups excluding carboxylic acids is 1. The molecule has 1 fully saturated rings. The minimum Gasteiger partial charge on any atom is -0.398 e. The van der Waals surface area contributed by atoms with E-state index >= 15 is 0 Å². The van der Waals surface area contributed by atoms with Gasteiger partial charge in [-0.2, -0.15) is 0 Å². The van der Waals surface area contributed by atoms with Crippen molar-refractivity contribution in [3.8, 4) is 0 Å². The summed E-state index contributed by atoms with van der Waals surface area (Å²) in [6, 6.07) is 11.8. The Balaban J connectivity index is 2.09. The molecular weight excluding hydrogens is 210 g/mol. The first-order valence-corrected chi connectivity index (χ1v) is 6.08. The number of nitrogen functional groups attached to an aromatic ring is 1. The van der Waals surface area contributed by atoms with Crippen LogP contribution in [0.1, 0.15) is 29.6 Å². The average Bonchev–Trinajstić information content (AvgIpc) is 2.25. The lowest BCUT2D eigenvalue weighted by Gasteiger charge is -2.24. The maximum atomic E-state index is 12.2. The van der Waals surface area contributed by atoms with Crippen LogP contribution in [0.3, 0.4) is 0 Å². The molecule has 0 bridgehead atoms. The Labute approximate surface area is 100 Å². The molecule has 0 amide bonds. The topological polar surface area (TPSA) is 43.1 Å². The van der Waals surface area contributed by atoms with E-state index in [2.05, 4.69) is 0 Å². The molecule has 3 rings (SSSR count). The molecule has 0 saturated heterocycles.